The van der Waals surface area contributed by atoms with Gasteiger partial charge in [0.05, 0.1) is 4.90 Å². The van der Waals surface area contributed by atoms with Gasteiger partial charge in [-0.05, 0) is 42.2 Å². The third kappa shape index (κ3) is 3.43. The Bertz CT molecular complexity index is 829. The fourth-order valence-electron chi connectivity index (χ4n) is 2.83. The van der Waals surface area contributed by atoms with Gasteiger partial charge in [-0.3, -0.25) is 4.79 Å². The number of sulfonamides is 1. The Morgan fingerprint density at radius 1 is 1.09 bits per heavy atom. The monoisotopic (exact) mass is 330 g/mol. The lowest BCUT2D eigenvalue weighted by Gasteiger charge is -2.17. The third-order valence-corrected chi connectivity index (χ3v) is 5.00. The molecular weight excluding hydrogens is 312 g/mol. The van der Waals surface area contributed by atoms with Crippen molar-refractivity contribution in [1.29, 1.82) is 0 Å². The Morgan fingerprint density at radius 2 is 1.78 bits per heavy atom. The number of carbonyl (C=O) groups excluding carboxylic acids is 1. The second-order valence-electron chi connectivity index (χ2n) is 5.61. The van der Waals surface area contributed by atoms with Crippen molar-refractivity contribution in [1.82, 2.24) is 0 Å². The van der Waals surface area contributed by atoms with Crippen molar-refractivity contribution in [3.8, 4) is 0 Å². The molecule has 0 unspecified atom stereocenters. The smallest absolute Gasteiger partial charge is 0.238 e. The molecule has 1 heterocycles. The summed E-state index contributed by atoms with van der Waals surface area (Å²) in [6.07, 6.45) is 1.86. The van der Waals surface area contributed by atoms with Crippen molar-refractivity contribution in [3.05, 3.63) is 59.7 Å². The molecule has 0 bridgehead atoms. The highest BCUT2D eigenvalue weighted by molar-refractivity contribution is 7.89. The van der Waals surface area contributed by atoms with E-state index in [2.05, 4.69) is 6.07 Å². The molecule has 2 N–H and O–H groups in total. The van der Waals surface area contributed by atoms with E-state index in [1.165, 1.54) is 17.7 Å². The van der Waals surface area contributed by atoms with E-state index < -0.39 is 10.0 Å². The Kier molecular flexibility index (Phi) is 4.19. The van der Waals surface area contributed by atoms with Gasteiger partial charge < -0.3 is 4.90 Å². The zero-order chi connectivity index (χ0) is 16.4. The number of primary sulfonamides is 1. The Hall–Kier alpha value is -2.18. The van der Waals surface area contributed by atoms with Crippen LogP contribution in [0.1, 0.15) is 17.5 Å². The van der Waals surface area contributed by atoms with E-state index in [0.717, 1.165) is 24.2 Å². The zero-order valence-corrected chi connectivity index (χ0v) is 13.4. The molecule has 0 fully saturated rings. The van der Waals surface area contributed by atoms with E-state index >= 15 is 0 Å². The van der Waals surface area contributed by atoms with Crippen LogP contribution in [0, 0.1) is 0 Å². The number of anilines is 1. The van der Waals surface area contributed by atoms with E-state index in [0.29, 0.717) is 12.8 Å². The number of hydrogen-bond acceptors (Lipinski definition) is 3. The Labute approximate surface area is 135 Å². The van der Waals surface area contributed by atoms with Crippen LogP contribution in [-0.2, 0) is 27.7 Å². The molecule has 0 aromatic heterocycles. The fraction of sp³-hybridized carbons (Fsp3) is 0.235. The predicted octanol–water partition coefficient (Wildman–Crippen LogP) is 1.86. The molecule has 23 heavy (non-hydrogen) atoms. The van der Waals surface area contributed by atoms with E-state index in [4.69, 9.17) is 5.14 Å². The first-order valence-corrected chi connectivity index (χ1v) is 9.00. The normalized spacial score (nSPS) is 13.9. The van der Waals surface area contributed by atoms with Crippen molar-refractivity contribution < 1.29 is 13.2 Å². The standard InChI is InChI=1S/C17H18N2O3S/c18-23(21,22)15-8-5-13(6-9-15)7-10-17(20)19-12-11-14-3-1-2-4-16(14)19/h1-6,8-9H,7,10-12H2,(H2,18,21,22). The first-order valence-electron chi connectivity index (χ1n) is 7.45. The van der Waals surface area contributed by atoms with Gasteiger partial charge in [0.1, 0.15) is 0 Å². The fourth-order valence-corrected chi connectivity index (χ4v) is 3.34. The SMILES string of the molecule is NS(=O)(=O)c1ccc(CCC(=O)N2CCc3ccccc32)cc1. The number of benzene rings is 2. The molecule has 6 heteroatoms. The van der Waals surface area contributed by atoms with E-state index in [1.807, 2.05) is 23.1 Å². The van der Waals surface area contributed by atoms with Crippen molar-refractivity contribution >= 4 is 21.6 Å². The summed E-state index contributed by atoms with van der Waals surface area (Å²) < 4.78 is 22.4. The van der Waals surface area contributed by atoms with Crippen LogP contribution >= 0.6 is 0 Å². The number of amides is 1. The molecule has 0 saturated heterocycles. The van der Waals surface area contributed by atoms with Gasteiger partial charge in [0, 0.05) is 18.7 Å². The highest BCUT2D eigenvalue weighted by Crippen LogP contribution is 2.28. The summed E-state index contributed by atoms with van der Waals surface area (Å²) >= 11 is 0. The highest BCUT2D eigenvalue weighted by atomic mass is 32.2. The summed E-state index contributed by atoms with van der Waals surface area (Å²) in [4.78, 5) is 14.3. The molecule has 5 nitrogen and oxygen atoms in total. The maximum Gasteiger partial charge on any atom is 0.238 e. The number of rotatable bonds is 4. The number of nitrogens with zero attached hydrogens (tertiary/aromatic N) is 1. The average Bonchev–Trinajstić information content (AvgIpc) is 2.96. The molecule has 0 spiro atoms. The number of fused-ring (bicyclic) bond motifs is 1. The maximum atomic E-state index is 12.4. The largest absolute Gasteiger partial charge is 0.312 e. The molecule has 0 radical (unpaired) electrons. The second kappa shape index (κ2) is 6.14. The molecule has 2 aromatic carbocycles. The Balaban J connectivity index is 1.64. The van der Waals surface area contributed by atoms with E-state index in [1.54, 1.807) is 12.1 Å². The summed E-state index contributed by atoms with van der Waals surface area (Å²) in [6, 6.07) is 14.3. The molecule has 120 valence electrons. The maximum absolute atomic E-state index is 12.4. The van der Waals surface area contributed by atoms with Crippen molar-refractivity contribution in [2.75, 3.05) is 11.4 Å². The number of nitrogens with two attached hydrogens (primary N) is 1. The topological polar surface area (TPSA) is 80.5 Å². The summed E-state index contributed by atoms with van der Waals surface area (Å²) in [5, 5.41) is 5.07. The molecular formula is C17H18N2O3S. The van der Waals surface area contributed by atoms with Gasteiger partial charge in [-0.25, -0.2) is 13.6 Å². The van der Waals surface area contributed by atoms with Crippen molar-refractivity contribution in [2.24, 2.45) is 5.14 Å². The summed E-state index contributed by atoms with van der Waals surface area (Å²) in [7, 11) is -3.67. The van der Waals surface area contributed by atoms with E-state index in [9.17, 15) is 13.2 Å². The van der Waals surface area contributed by atoms with Crippen LogP contribution in [0.15, 0.2) is 53.4 Å². The lowest BCUT2D eigenvalue weighted by Crippen LogP contribution is -2.29. The number of para-hydroxylation sites is 1. The third-order valence-electron chi connectivity index (χ3n) is 4.07. The van der Waals surface area contributed by atoms with Crippen LogP contribution in [-0.4, -0.2) is 20.9 Å². The molecule has 0 saturated carbocycles. The van der Waals surface area contributed by atoms with E-state index in [-0.39, 0.29) is 10.8 Å². The molecule has 2 aromatic rings. The number of carbonyl (C=O) groups is 1. The molecule has 1 amide bonds. The Morgan fingerprint density at radius 3 is 2.48 bits per heavy atom. The lowest BCUT2D eigenvalue weighted by atomic mass is 10.1. The summed E-state index contributed by atoms with van der Waals surface area (Å²) in [5.41, 5.74) is 3.12. The van der Waals surface area contributed by atoms with Crippen LogP contribution in [0.2, 0.25) is 0 Å². The summed E-state index contributed by atoms with van der Waals surface area (Å²) in [6.45, 7) is 0.725. The molecule has 1 aliphatic heterocycles. The average molecular weight is 330 g/mol. The zero-order valence-electron chi connectivity index (χ0n) is 12.6. The van der Waals surface area contributed by atoms with Crippen LogP contribution in [0.3, 0.4) is 0 Å². The van der Waals surface area contributed by atoms with Crippen molar-refractivity contribution in [2.45, 2.75) is 24.2 Å². The molecule has 0 atom stereocenters. The predicted molar refractivity (Wildman–Crippen MR) is 88.6 cm³/mol. The number of hydrogen-bond donors (Lipinski definition) is 1. The first-order chi connectivity index (χ1) is 10.9. The first kappa shape index (κ1) is 15.7. The molecule has 1 aliphatic rings. The minimum absolute atomic E-state index is 0.0843. The highest BCUT2D eigenvalue weighted by Gasteiger charge is 2.23. The lowest BCUT2D eigenvalue weighted by molar-refractivity contribution is -0.118. The van der Waals surface area contributed by atoms with Gasteiger partial charge in [-0.2, -0.15) is 0 Å². The van der Waals surface area contributed by atoms with Crippen LogP contribution in [0.25, 0.3) is 0 Å². The van der Waals surface area contributed by atoms with Crippen LogP contribution in [0.5, 0.6) is 0 Å². The van der Waals surface area contributed by atoms with Crippen LogP contribution < -0.4 is 10.0 Å². The second-order valence-corrected chi connectivity index (χ2v) is 7.17. The van der Waals surface area contributed by atoms with Gasteiger partial charge >= 0.3 is 0 Å². The van der Waals surface area contributed by atoms with Gasteiger partial charge in [0.2, 0.25) is 15.9 Å². The van der Waals surface area contributed by atoms with Gasteiger partial charge in [-0.15, -0.1) is 0 Å². The quantitative estimate of drug-likeness (QED) is 0.929. The summed E-state index contributed by atoms with van der Waals surface area (Å²) in [5.74, 6) is 0.0884. The minimum atomic E-state index is -3.67. The van der Waals surface area contributed by atoms with Gasteiger partial charge in [-0.1, -0.05) is 30.3 Å². The minimum Gasteiger partial charge on any atom is -0.312 e. The van der Waals surface area contributed by atoms with Crippen molar-refractivity contribution in [3.63, 3.8) is 0 Å². The van der Waals surface area contributed by atoms with Crippen LogP contribution in [0.4, 0.5) is 5.69 Å². The molecule has 0 aliphatic carbocycles. The van der Waals surface area contributed by atoms with Gasteiger partial charge in [0.25, 0.3) is 0 Å². The number of aryl methyl sites for hydroxylation is 1. The van der Waals surface area contributed by atoms with Gasteiger partial charge in [0.15, 0.2) is 0 Å². The molecule has 3 rings (SSSR count).